The Morgan fingerprint density at radius 3 is 2.45 bits per heavy atom. The van der Waals surface area contributed by atoms with Gasteiger partial charge in [0.25, 0.3) is 5.91 Å². The third-order valence-electron chi connectivity index (χ3n) is 5.56. The number of amides is 1. The SMILES string of the molecule is Cc1cc(CNCc2cc(C)n(C)n2)cnc1-c1ccc(C(=O)Nc2ccccc2N)cc1. The summed E-state index contributed by atoms with van der Waals surface area (Å²) in [7, 11) is 1.95. The van der Waals surface area contributed by atoms with Crippen molar-refractivity contribution in [1.29, 1.82) is 0 Å². The standard InChI is InChI=1S/C26H28N6O/c1-17-12-19(14-28-16-22-13-18(2)32(3)31-22)15-29-25(17)20-8-10-21(11-9-20)26(33)30-24-7-5-4-6-23(24)27/h4-13,15,28H,14,16,27H2,1-3H3,(H,30,33). The lowest BCUT2D eigenvalue weighted by molar-refractivity contribution is 0.102. The van der Waals surface area contributed by atoms with Gasteiger partial charge in [-0.2, -0.15) is 5.10 Å². The summed E-state index contributed by atoms with van der Waals surface area (Å²) < 4.78 is 1.88. The van der Waals surface area contributed by atoms with Gasteiger partial charge >= 0.3 is 0 Å². The predicted molar refractivity (Wildman–Crippen MR) is 132 cm³/mol. The summed E-state index contributed by atoms with van der Waals surface area (Å²) in [5, 5.41) is 10.7. The molecule has 0 aliphatic rings. The maximum Gasteiger partial charge on any atom is 0.255 e. The molecule has 33 heavy (non-hydrogen) atoms. The number of para-hydroxylation sites is 2. The summed E-state index contributed by atoms with van der Waals surface area (Å²) in [5.41, 5.74) is 13.8. The van der Waals surface area contributed by atoms with E-state index in [2.05, 4.69) is 32.8 Å². The van der Waals surface area contributed by atoms with Crippen molar-refractivity contribution in [3.05, 3.63) is 94.9 Å². The summed E-state index contributed by atoms with van der Waals surface area (Å²) in [5.74, 6) is -0.200. The number of nitrogens with two attached hydrogens (primary N) is 1. The van der Waals surface area contributed by atoms with Crippen LogP contribution < -0.4 is 16.4 Å². The highest BCUT2D eigenvalue weighted by Gasteiger charge is 2.10. The average Bonchev–Trinajstić information content (AvgIpc) is 3.12. The number of anilines is 2. The van der Waals surface area contributed by atoms with E-state index in [1.165, 1.54) is 0 Å². The van der Waals surface area contributed by atoms with Gasteiger partial charge in [0.15, 0.2) is 0 Å². The van der Waals surface area contributed by atoms with Gasteiger partial charge in [-0.3, -0.25) is 14.5 Å². The number of rotatable bonds is 7. The van der Waals surface area contributed by atoms with E-state index in [1.54, 1.807) is 24.3 Å². The molecular weight excluding hydrogens is 412 g/mol. The molecule has 0 aliphatic heterocycles. The lowest BCUT2D eigenvalue weighted by Gasteiger charge is -2.10. The number of nitrogens with zero attached hydrogens (tertiary/aromatic N) is 3. The number of aromatic nitrogens is 3. The Labute approximate surface area is 193 Å². The fraction of sp³-hybridized carbons (Fsp3) is 0.192. The summed E-state index contributed by atoms with van der Waals surface area (Å²) in [6.45, 7) is 5.51. The molecule has 0 fully saturated rings. The van der Waals surface area contributed by atoms with Gasteiger partial charge in [-0.1, -0.05) is 30.3 Å². The van der Waals surface area contributed by atoms with Gasteiger partial charge < -0.3 is 16.4 Å². The molecule has 0 unspecified atom stereocenters. The van der Waals surface area contributed by atoms with Gasteiger partial charge in [0, 0.05) is 43.2 Å². The Bertz CT molecular complexity index is 1260. The topological polar surface area (TPSA) is 97.9 Å². The Morgan fingerprint density at radius 2 is 1.79 bits per heavy atom. The van der Waals surface area contributed by atoms with Gasteiger partial charge in [-0.15, -0.1) is 0 Å². The molecule has 0 saturated carbocycles. The monoisotopic (exact) mass is 440 g/mol. The third-order valence-corrected chi connectivity index (χ3v) is 5.56. The number of hydrogen-bond acceptors (Lipinski definition) is 5. The Balaban J connectivity index is 1.39. The van der Waals surface area contributed by atoms with E-state index in [0.29, 0.717) is 30.0 Å². The van der Waals surface area contributed by atoms with Crippen LogP contribution >= 0.6 is 0 Å². The highest BCUT2D eigenvalue weighted by molar-refractivity contribution is 6.05. The van der Waals surface area contributed by atoms with Crippen molar-refractivity contribution in [2.24, 2.45) is 7.05 Å². The number of nitrogens with one attached hydrogen (secondary N) is 2. The molecule has 168 valence electrons. The molecule has 0 radical (unpaired) electrons. The quantitative estimate of drug-likeness (QED) is 0.374. The lowest BCUT2D eigenvalue weighted by atomic mass is 10.0. The van der Waals surface area contributed by atoms with Crippen LogP contribution in [0.5, 0.6) is 0 Å². The molecule has 0 aliphatic carbocycles. The second-order valence-corrected chi connectivity index (χ2v) is 8.13. The van der Waals surface area contributed by atoms with Gasteiger partial charge in [0.05, 0.1) is 22.8 Å². The number of carbonyl (C=O) groups excluding carboxylic acids is 1. The number of nitrogen functional groups attached to an aromatic ring is 1. The molecule has 4 rings (SSSR count). The Morgan fingerprint density at radius 1 is 1.03 bits per heavy atom. The minimum absolute atomic E-state index is 0.200. The van der Waals surface area contributed by atoms with Crippen LogP contribution in [0.1, 0.15) is 32.9 Å². The zero-order valence-corrected chi connectivity index (χ0v) is 19.1. The van der Waals surface area contributed by atoms with Crippen LogP contribution in [0, 0.1) is 13.8 Å². The largest absolute Gasteiger partial charge is 0.397 e. The Kier molecular flexibility index (Phi) is 6.51. The zero-order chi connectivity index (χ0) is 23.4. The molecular formula is C26H28N6O. The van der Waals surface area contributed by atoms with Crippen LogP contribution in [0.4, 0.5) is 11.4 Å². The van der Waals surface area contributed by atoms with Crippen molar-refractivity contribution in [3.63, 3.8) is 0 Å². The van der Waals surface area contributed by atoms with Crippen molar-refractivity contribution in [1.82, 2.24) is 20.1 Å². The number of carbonyl (C=O) groups is 1. The van der Waals surface area contributed by atoms with E-state index in [4.69, 9.17) is 5.73 Å². The molecule has 7 nitrogen and oxygen atoms in total. The maximum absolute atomic E-state index is 12.6. The molecule has 2 heterocycles. The predicted octanol–water partition coefficient (Wildman–Crippen LogP) is 4.22. The average molecular weight is 441 g/mol. The molecule has 4 N–H and O–H groups in total. The summed E-state index contributed by atoms with van der Waals surface area (Å²) in [6, 6.07) is 18.9. The number of benzene rings is 2. The second kappa shape index (κ2) is 9.67. The molecule has 4 aromatic rings. The molecule has 2 aromatic carbocycles. The van der Waals surface area contributed by atoms with E-state index in [-0.39, 0.29) is 5.91 Å². The minimum Gasteiger partial charge on any atom is -0.397 e. The normalized spacial score (nSPS) is 10.9. The highest BCUT2D eigenvalue weighted by atomic mass is 16.1. The summed E-state index contributed by atoms with van der Waals surface area (Å²) in [4.78, 5) is 17.2. The smallest absolute Gasteiger partial charge is 0.255 e. The van der Waals surface area contributed by atoms with Crippen molar-refractivity contribution in [3.8, 4) is 11.3 Å². The van der Waals surface area contributed by atoms with Gasteiger partial charge in [-0.05, 0) is 55.3 Å². The lowest BCUT2D eigenvalue weighted by Crippen LogP contribution is -2.14. The van der Waals surface area contributed by atoms with E-state index < -0.39 is 0 Å². The second-order valence-electron chi connectivity index (χ2n) is 8.13. The zero-order valence-electron chi connectivity index (χ0n) is 19.1. The summed E-state index contributed by atoms with van der Waals surface area (Å²) in [6.07, 6.45) is 1.89. The van der Waals surface area contributed by atoms with Crippen LogP contribution in [0.2, 0.25) is 0 Å². The van der Waals surface area contributed by atoms with Crippen LogP contribution in [-0.4, -0.2) is 20.7 Å². The van der Waals surface area contributed by atoms with E-state index >= 15 is 0 Å². The van der Waals surface area contributed by atoms with Crippen molar-refractivity contribution >= 4 is 17.3 Å². The first-order chi connectivity index (χ1) is 15.9. The van der Waals surface area contributed by atoms with Crippen LogP contribution in [0.25, 0.3) is 11.3 Å². The maximum atomic E-state index is 12.6. The van der Waals surface area contributed by atoms with Crippen molar-refractivity contribution < 1.29 is 4.79 Å². The first-order valence-electron chi connectivity index (χ1n) is 10.8. The van der Waals surface area contributed by atoms with Crippen molar-refractivity contribution in [2.75, 3.05) is 11.1 Å². The van der Waals surface area contributed by atoms with E-state index in [9.17, 15) is 4.79 Å². The van der Waals surface area contributed by atoms with Crippen LogP contribution in [0.3, 0.4) is 0 Å². The van der Waals surface area contributed by atoms with Crippen LogP contribution in [0.15, 0.2) is 66.9 Å². The highest BCUT2D eigenvalue weighted by Crippen LogP contribution is 2.23. The first-order valence-corrected chi connectivity index (χ1v) is 10.8. The van der Waals surface area contributed by atoms with E-state index in [0.717, 1.165) is 33.8 Å². The molecule has 7 heteroatoms. The van der Waals surface area contributed by atoms with E-state index in [1.807, 2.05) is 56.0 Å². The third kappa shape index (κ3) is 5.27. The van der Waals surface area contributed by atoms with Gasteiger partial charge in [0.1, 0.15) is 0 Å². The fourth-order valence-corrected chi connectivity index (χ4v) is 3.67. The molecule has 0 bridgehead atoms. The number of hydrogen-bond donors (Lipinski definition) is 3. The molecule has 1 amide bonds. The molecule has 0 spiro atoms. The van der Waals surface area contributed by atoms with Crippen LogP contribution in [-0.2, 0) is 20.1 Å². The van der Waals surface area contributed by atoms with Gasteiger partial charge in [-0.25, -0.2) is 0 Å². The molecule has 0 saturated heterocycles. The fourth-order valence-electron chi connectivity index (χ4n) is 3.67. The summed E-state index contributed by atoms with van der Waals surface area (Å²) >= 11 is 0. The molecule has 2 aromatic heterocycles. The van der Waals surface area contributed by atoms with Gasteiger partial charge in [0.2, 0.25) is 0 Å². The van der Waals surface area contributed by atoms with Crippen molar-refractivity contribution in [2.45, 2.75) is 26.9 Å². The number of aryl methyl sites for hydroxylation is 3. The minimum atomic E-state index is -0.200. The first kappa shape index (κ1) is 22.2. The Hall–Kier alpha value is -3.97. The molecule has 0 atom stereocenters. The number of pyridine rings is 1.